The molecule has 2 aliphatic heterocycles. The Labute approximate surface area is 348 Å². The lowest BCUT2D eigenvalue weighted by Gasteiger charge is -2.32. The van der Waals surface area contributed by atoms with E-state index in [4.69, 9.17) is 19.4 Å². The molecule has 14 nitrogen and oxygen atoms in total. The first-order valence-corrected chi connectivity index (χ1v) is 20.7. The number of H-pyrrole nitrogens is 2. The molecule has 5 N–H and O–H groups in total. The monoisotopic (exact) mass is 812 g/mol. The third-order valence-corrected chi connectivity index (χ3v) is 12.1. The summed E-state index contributed by atoms with van der Waals surface area (Å²) in [4.78, 5) is 70.6. The summed E-state index contributed by atoms with van der Waals surface area (Å²) in [6, 6.07) is 23.5. The maximum Gasteiger partial charge on any atom is 0.407 e. The molecule has 2 fully saturated rings. The number of nitrogens with one attached hydrogen (secondary N) is 5. The molecule has 312 valence electrons. The lowest BCUT2D eigenvalue weighted by Crippen LogP contribution is -2.57. The minimum atomic E-state index is -1.06. The molecule has 60 heavy (non-hydrogen) atoms. The van der Waals surface area contributed by atoms with Crippen LogP contribution in [0.5, 0.6) is 0 Å². The van der Waals surface area contributed by atoms with Gasteiger partial charge in [0.1, 0.15) is 23.2 Å². The first-order chi connectivity index (χ1) is 28.9. The normalized spacial score (nSPS) is 19.0. The molecule has 0 aliphatic carbocycles. The number of hydrogen-bond acceptors (Lipinski definition) is 9. The summed E-state index contributed by atoms with van der Waals surface area (Å²) in [5, 5.41) is 11.1. The van der Waals surface area contributed by atoms with Crippen molar-refractivity contribution in [1.82, 2.24) is 40.8 Å². The number of Topliss-reactive ketones (excluding diaryl/α,β-unsaturated/α-hetero) is 1. The SMILES string of the molecule is COC(=O)N[C@H](C(=O)N1CCC[C@H]1c1nc2ccc(-c3ccc4cc(-c5ccc6nc([C@]7(C(=O)[C@@H](NC(=O)OC)C(C)C)CCCN7)[nH]c6c5)ccc4c3)cc2[nH]1)C(C)C. The van der Waals surface area contributed by atoms with Crippen molar-refractivity contribution >= 4 is 56.7 Å². The zero-order chi connectivity index (χ0) is 42.3. The second-order valence-electron chi connectivity index (χ2n) is 16.7. The molecular formula is C46H52N8O6. The minimum Gasteiger partial charge on any atom is -0.453 e. The van der Waals surface area contributed by atoms with Crippen LogP contribution in [-0.2, 0) is 24.6 Å². The van der Waals surface area contributed by atoms with Crippen molar-refractivity contribution in [2.75, 3.05) is 27.3 Å². The molecule has 4 atom stereocenters. The molecule has 0 bridgehead atoms. The molecular weight excluding hydrogens is 761 g/mol. The molecule has 0 spiro atoms. The molecule has 2 saturated heterocycles. The fourth-order valence-electron chi connectivity index (χ4n) is 8.81. The third-order valence-electron chi connectivity index (χ3n) is 12.1. The molecule has 4 heterocycles. The topological polar surface area (TPSA) is 183 Å². The molecule has 8 rings (SSSR count). The number of carbonyl (C=O) groups is 4. The van der Waals surface area contributed by atoms with E-state index in [-0.39, 0.29) is 29.6 Å². The minimum absolute atomic E-state index is 0.111. The number of carbonyl (C=O) groups excluding carboxylic acids is 4. The highest BCUT2D eigenvalue weighted by atomic mass is 16.5. The van der Waals surface area contributed by atoms with Crippen LogP contribution < -0.4 is 16.0 Å². The van der Waals surface area contributed by atoms with Gasteiger partial charge in [-0.1, -0.05) is 64.1 Å². The number of likely N-dealkylation sites (tertiary alicyclic amines) is 1. The van der Waals surface area contributed by atoms with Crippen LogP contribution in [0.15, 0.2) is 72.8 Å². The summed E-state index contributed by atoms with van der Waals surface area (Å²) in [6.07, 6.45) is 1.72. The highest BCUT2D eigenvalue weighted by Gasteiger charge is 2.49. The Morgan fingerprint density at radius 1 is 0.717 bits per heavy atom. The molecule has 0 radical (unpaired) electrons. The van der Waals surface area contributed by atoms with Crippen molar-refractivity contribution in [1.29, 1.82) is 0 Å². The molecule has 2 aliphatic rings. The molecule has 0 unspecified atom stereocenters. The van der Waals surface area contributed by atoms with E-state index in [1.807, 2.05) is 50.8 Å². The van der Waals surface area contributed by atoms with Gasteiger partial charge in [-0.05, 0) is 113 Å². The van der Waals surface area contributed by atoms with Gasteiger partial charge in [-0.3, -0.25) is 14.9 Å². The van der Waals surface area contributed by atoms with Crippen LogP contribution in [0.1, 0.15) is 71.1 Å². The number of amides is 3. The van der Waals surface area contributed by atoms with E-state index in [1.54, 1.807) is 0 Å². The second kappa shape index (κ2) is 16.4. The number of hydrogen-bond donors (Lipinski definition) is 5. The van der Waals surface area contributed by atoms with E-state index in [2.05, 4.69) is 80.5 Å². The second-order valence-corrected chi connectivity index (χ2v) is 16.7. The van der Waals surface area contributed by atoms with Gasteiger partial charge >= 0.3 is 12.2 Å². The van der Waals surface area contributed by atoms with Crippen LogP contribution in [-0.4, -0.2) is 88.1 Å². The van der Waals surface area contributed by atoms with Crippen molar-refractivity contribution in [3.05, 3.63) is 84.4 Å². The lowest BCUT2D eigenvalue weighted by molar-refractivity contribution is -0.135. The van der Waals surface area contributed by atoms with Crippen LogP contribution in [0.2, 0.25) is 0 Å². The van der Waals surface area contributed by atoms with Gasteiger partial charge in [-0.2, -0.15) is 0 Å². The Morgan fingerprint density at radius 3 is 1.83 bits per heavy atom. The molecule has 3 amide bonds. The van der Waals surface area contributed by atoms with Gasteiger partial charge in [0.15, 0.2) is 5.78 Å². The number of imidazole rings is 2. The van der Waals surface area contributed by atoms with Crippen LogP contribution in [0.3, 0.4) is 0 Å². The number of alkyl carbamates (subject to hydrolysis) is 2. The standard InChI is InChI=1S/C46H52N8O6/c1-25(2)38(52-44(57)59-5)40(55)46(18-8-19-47-46)43-50-34-17-15-32(24-36(34)51-43)30-13-11-27-21-29(12-10-28(27)22-30)31-14-16-33-35(23-31)49-41(48-33)37-9-7-20-54(37)42(56)39(26(3)4)53-45(58)60-6/h10-17,21-26,37-39,47H,7-9,18-20H2,1-6H3,(H,48,49)(H,50,51)(H,52,57)(H,53,58)/t37-,38-,39-,46+/m0/s1. The summed E-state index contributed by atoms with van der Waals surface area (Å²) in [5.41, 5.74) is 6.40. The average molecular weight is 813 g/mol. The average Bonchev–Trinajstić information content (AvgIpc) is 4.09. The van der Waals surface area contributed by atoms with E-state index in [0.29, 0.717) is 25.3 Å². The van der Waals surface area contributed by atoms with Crippen LogP contribution >= 0.6 is 0 Å². The van der Waals surface area contributed by atoms with Gasteiger partial charge in [0.05, 0.1) is 48.4 Å². The van der Waals surface area contributed by atoms with Gasteiger partial charge < -0.3 is 35.0 Å². The van der Waals surface area contributed by atoms with Crippen molar-refractivity contribution in [2.45, 2.75) is 77.0 Å². The number of fused-ring (bicyclic) bond motifs is 3. The highest BCUT2D eigenvalue weighted by molar-refractivity contribution is 5.97. The third kappa shape index (κ3) is 7.55. The molecule has 2 aromatic heterocycles. The summed E-state index contributed by atoms with van der Waals surface area (Å²) >= 11 is 0. The van der Waals surface area contributed by atoms with Crippen molar-refractivity contribution in [2.24, 2.45) is 11.8 Å². The quantitative estimate of drug-likeness (QED) is 0.0885. The molecule has 0 saturated carbocycles. The Kier molecular flexibility index (Phi) is 11.1. The first kappa shape index (κ1) is 40.5. The number of rotatable bonds is 11. The Balaban J connectivity index is 1.02. The van der Waals surface area contributed by atoms with E-state index in [9.17, 15) is 19.2 Å². The van der Waals surface area contributed by atoms with Gasteiger partial charge in [0, 0.05) is 6.54 Å². The summed E-state index contributed by atoms with van der Waals surface area (Å²) in [6.45, 7) is 8.87. The smallest absolute Gasteiger partial charge is 0.407 e. The number of aromatic nitrogens is 4. The Bertz CT molecular complexity index is 2610. The summed E-state index contributed by atoms with van der Waals surface area (Å²) in [5.74, 6) is 0.741. The van der Waals surface area contributed by atoms with E-state index in [0.717, 1.165) is 80.2 Å². The maximum atomic E-state index is 14.2. The number of benzene rings is 4. The first-order valence-electron chi connectivity index (χ1n) is 20.7. The van der Waals surface area contributed by atoms with E-state index >= 15 is 0 Å². The molecule has 4 aromatic carbocycles. The van der Waals surface area contributed by atoms with Crippen LogP contribution in [0, 0.1) is 11.8 Å². The van der Waals surface area contributed by atoms with E-state index in [1.165, 1.54) is 14.2 Å². The molecule has 14 heteroatoms. The number of nitrogens with zero attached hydrogens (tertiary/aromatic N) is 3. The predicted molar refractivity (Wildman–Crippen MR) is 230 cm³/mol. The predicted octanol–water partition coefficient (Wildman–Crippen LogP) is 7.50. The Hall–Kier alpha value is -6.28. The van der Waals surface area contributed by atoms with Gasteiger partial charge in [-0.25, -0.2) is 19.6 Å². The van der Waals surface area contributed by atoms with Gasteiger partial charge in [0.2, 0.25) is 5.91 Å². The van der Waals surface area contributed by atoms with Crippen LogP contribution in [0.4, 0.5) is 9.59 Å². The largest absolute Gasteiger partial charge is 0.453 e. The number of aromatic amines is 2. The zero-order valence-corrected chi connectivity index (χ0v) is 34.8. The van der Waals surface area contributed by atoms with Gasteiger partial charge in [-0.15, -0.1) is 0 Å². The maximum absolute atomic E-state index is 14.2. The fourth-order valence-corrected chi connectivity index (χ4v) is 8.81. The van der Waals surface area contributed by atoms with Gasteiger partial charge in [0.25, 0.3) is 0 Å². The van der Waals surface area contributed by atoms with Crippen LogP contribution in [0.25, 0.3) is 55.1 Å². The van der Waals surface area contributed by atoms with Crippen molar-refractivity contribution < 1.29 is 28.7 Å². The highest BCUT2D eigenvalue weighted by Crippen LogP contribution is 2.37. The Morgan fingerprint density at radius 2 is 1.27 bits per heavy atom. The summed E-state index contributed by atoms with van der Waals surface area (Å²) < 4.78 is 9.61. The summed E-state index contributed by atoms with van der Waals surface area (Å²) in [7, 11) is 2.58. The number of ether oxygens (including phenoxy) is 2. The fraction of sp³-hybridized carbons (Fsp3) is 0.391. The lowest BCUT2D eigenvalue weighted by atomic mass is 9.83. The van der Waals surface area contributed by atoms with Crippen molar-refractivity contribution in [3.8, 4) is 22.3 Å². The number of methoxy groups -OCH3 is 2. The van der Waals surface area contributed by atoms with E-state index < -0.39 is 29.8 Å². The van der Waals surface area contributed by atoms with Crippen molar-refractivity contribution in [3.63, 3.8) is 0 Å². The number of ketones is 1. The zero-order valence-electron chi connectivity index (χ0n) is 34.8. The molecule has 6 aromatic rings.